The molecule has 33 heavy (non-hydrogen) atoms. The van der Waals surface area contributed by atoms with Gasteiger partial charge in [-0.15, -0.1) is 0 Å². The molecule has 0 aromatic carbocycles. The van der Waals surface area contributed by atoms with E-state index in [4.69, 9.17) is 9.11 Å². The molecule has 2 N–H and O–H groups in total. The lowest BCUT2D eigenvalue weighted by molar-refractivity contribution is 0.482. The third-order valence-corrected chi connectivity index (χ3v) is 14.1. The van der Waals surface area contributed by atoms with Gasteiger partial charge in [0.25, 0.3) is 20.2 Å². The Balaban J connectivity index is 4.66. The van der Waals surface area contributed by atoms with Gasteiger partial charge in [-0.2, -0.15) is 16.8 Å². The van der Waals surface area contributed by atoms with E-state index in [2.05, 4.69) is 0 Å². The van der Waals surface area contributed by atoms with Crippen molar-refractivity contribution in [3.8, 4) is 0 Å². The molecule has 1 atom stereocenters. The summed E-state index contributed by atoms with van der Waals surface area (Å²) in [6.07, 6.45) is -0.346. The van der Waals surface area contributed by atoms with Crippen LogP contribution in [0.4, 0.5) is 0 Å². The Bertz CT molecular complexity index is 1290. The van der Waals surface area contributed by atoms with Crippen molar-refractivity contribution in [1.29, 1.82) is 0 Å². The number of unbranched alkanes of at least 4 members (excludes halogenated alkanes) is 1. The Morgan fingerprint density at radius 1 is 0.485 bits per heavy atom. The zero-order valence-electron chi connectivity index (χ0n) is 17.6. The number of rotatable bonds is 17. The third-order valence-electron chi connectivity index (χ3n) is 4.25. The zero-order valence-corrected chi connectivity index (χ0v) is 22.5. The van der Waals surface area contributed by atoms with E-state index in [1.54, 1.807) is 0 Å². The van der Waals surface area contributed by atoms with E-state index in [-0.39, 0.29) is 12.8 Å². The van der Waals surface area contributed by atoms with Gasteiger partial charge in [-0.25, -0.2) is 33.7 Å². The minimum Gasteiger partial charge on any atom is -0.286 e. The quantitative estimate of drug-likeness (QED) is 0.130. The minimum absolute atomic E-state index is 0.172. The lowest BCUT2D eigenvalue weighted by Gasteiger charge is -2.13. The SMILES string of the molecule is CC(CS(=O)(=O)CCS(=O)(=O)O)S(=O)(=O)CCCCS(=O)(=O)CCS(=O)(=O)CCS(=O)(=O)O. The smallest absolute Gasteiger partial charge is 0.265 e. The van der Waals surface area contributed by atoms with Gasteiger partial charge in [0.05, 0.1) is 57.0 Å². The van der Waals surface area contributed by atoms with Crippen LogP contribution in [0.1, 0.15) is 19.8 Å². The maximum atomic E-state index is 12.2. The molecule has 0 amide bonds. The molecule has 0 bridgehead atoms. The van der Waals surface area contributed by atoms with Crippen LogP contribution in [0.15, 0.2) is 0 Å². The monoisotopic (exact) mass is 600 g/mol. The Morgan fingerprint density at radius 2 is 0.818 bits per heavy atom. The lowest BCUT2D eigenvalue weighted by Crippen LogP contribution is -2.31. The van der Waals surface area contributed by atoms with Crippen LogP contribution < -0.4 is 0 Å². The van der Waals surface area contributed by atoms with E-state index < -0.39 is 117 Å². The van der Waals surface area contributed by atoms with E-state index in [1.807, 2.05) is 0 Å². The highest BCUT2D eigenvalue weighted by Gasteiger charge is 2.28. The van der Waals surface area contributed by atoms with Gasteiger partial charge in [-0.05, 0) is 19.8 Å². The van der Waals surface area contributed by atoms with Crippen LogP contribution in [0.3, 0.4) is 0 Å². The predicted octanol–water partition coefficient (Wildman–Crippen LogP) is -2.41. The van der Waals surface area contributed by atoms with Gasteiger partial charge in [0, 0.05) is 0 Å². The van der Waals surface area contributed by atoms with E-state index in [0.29, 0.717) is 0 Å². The van der Waals surface area contributed by atoms with Crippen molar-refractivity contribution in [1.82, 2.24) is 0 Å². The normalized spacial score (nSPS) is 15.4. The number of hydrogen-bond donors (Lipinski definition) is 2. The maximum absolute atomic E-state index is 12.2. The summed E-state index contributed by atoms with van der Waals surface area (Å²) in [6.45, 7) is 1.09. The van der Waals surface area contributed by atoms with Gasteiger partial charge in [0.15, 0.2) is 39.3 Å². The molecule has 0 rings (SSSR count). The summed E-state index contributed by atoms with van der Waals surface area (Å²) >= 11 is 0. The van der Waals surface area contributed by atoms with Crippen molar-refractivity contribution < 1.29 is 59.6 Å². The fourth-order valence-electron chi connectivity index (χ4n) is 2.29. The molecule has 0 saturated heterocycles. The average molecular weight is 601 g/mol. The molecule has 0 fully saturated rings. The van der Waals surface area contributed by atoms with Crippen LogP contribution in [0, 0.1) is 0 Å². The van der Waals surface area contributed by atoms with Gasteiger partial charge < -0.3 is 0 Å². The van der Waals surface area contributed by atoms with Crippen LogP contribution in [0.5, 0.6) is 0 Å². The van der Waals surface area contributed by atoms with Gasteiger partial charge in [0.2, 0.25) is 0 Å². The minimum atomic E-state index is -4.55. The first-order chi connectivity index (χ1) is 14.5. The second kappa shape index (κ2) is 12.0. The first kappa shape index (κ1) is 32.6. The molecule has 200 valence electrons. The molecule has 0 saturated carbocycles. The molecule has 0 heterocycles. The Hall–Kier alpha value is -0.380. The fraction of sp³-hybridized carbons (Fsp3) is 1.00. The largest absolute Gasteiger partial charge is 0.286 e. The second-order valence-corrected chi connectivity index (χ2v) is 19.9. The van der Waals surface area contributed by atoms with Crippen molar-refractivity contribution in [2.45, 2.75) is 25.0 Å². The Kier molecular flexibility index (Phi) is 11.9. The predicted molar refractivity (Wildman–Crippen MR) is 121 cm³/mol. The van der Waals surface area contributed by atoms with Crippen molar-refractivity contribution in [2.24, 2.45) is 0 Å². The molecule has 0 aliphatic carbocycles. The highest BCUT2D eigenvalue weighted by Crippen LogP contribution is 2.11. The van der Waals surface area contributed by atoms with Gasteiger partial charge in [0.1, 0.15) is 0 Å². The van der Waals surface area contributed by atoms with E-state index in [9.17, 15) is 50.5 Å². The molecular formula is C13H28O14S6. The van der Waals surface area contributed by atoms with Gasteiger partial charge in [-0.3, -0.25) is 9.11 Å². The van der Waals surface area contributed by atoms with Gasteiger partial charge in [-0.1, -0.05) is 0 Å². The third kappa shape index (κ3) is 16.8. The Morgan fingerprint density at radius 3 is 1.24 bits per heavy atom. The van der Waals surface area contributed by atoms with Gasteiger partial charge >= 0.3 is 0 Å². The molecule has 1 unspecified atom stereocenters. The van der Waals surface area contributed by atoms with Crippen LogP contribution >= 0.6 is 0 Å². The van der Waals surface area contributed by atoms with Crippen LogP contribution in [-0.2, 0) is 59.6 Å². The van der Waals surface area contributed by atoms with Crippen molar-refractivity contribution in [3.63, 3.8) is 0 Å². The van der Waals surface area contributed by atoms with Crippen LogP contribution in [0.2, 0.25) is 0 Å². The summed E-state index contributed by atoms with van der Waals surface area (Å²) in [6, 6.07) is 0. The van der Waals surface area contributed by atoms with E-state index in [1.165, 1.54) is 0 Å². The van der Waals surface area contributed by atoms with E-state index >= 15 is 0 Å². The topological polar surface area (TPSA) is 245 Å². The average Bonchev–Trinajstić information content (AvgIpc) is 2.59. The summed E-state index contributed by atoms with van der Waals surface area (Å²) in [5, 5.41) is -1.41. The maximum Gasteiger partial charge on any atom is 0.265 e. The molecule has 0 spiro atoms. The highest BCUT2D eigenvalue weighted by atomic mass is 32.2. The van der Waals surface area contributed by atoms with Crippen molar-refractivity contribution in [2.75, 3.05) is 51.8 Å². The second-order valence-electron chi connectivity index (χ2n) is 7.37. The summed E-state index contributed by atoms with van der Waals surface area (Å²) < 4.78 is 155. The molecule has 0 aliphatic heterocycles. The first-order valence-electron chi connectivity index (χ1n) is 9.18. The highest BCUT2D eigenvalue weighted by molar-refractivity contribution is 7.96. The molecule has 0 radical (unpaired) electrons. The first-order valence-corrected chi connectivity index (χ1v) is 19.6. The lowest BCUT2D eigenvalue weighted by atomic mass is 10.4. The molecule has 20 heteroatoms. The number of hydrogen-bond acceptors (Lipinski definition) is 12. The fourth-order valence-corrected chi connectivity index (χ4v) is 12.4. The van der Waals surface area contributed by atoms with E-state index in [0.717, 1.165) is 6.92 Å². The standard InChI is InChI=1S/C13H28O14S6/c1-13(12-30(18,19)9-11-33(25,26)27)31(20,21)5-3-2-4-28(14,15)6-7-29(16,17)8-10-32(22,23)24/h13H,2-12H2,1H3,(H,22,23,24)(H,25,26,27). The summed E-state index contributed by atoms with van der Waals surface area (Å²) in [4.78, 5) is 0. The molecule has 0 aromatic rings. The molecule has 14 nitrogen and oxygen atoms in total. The van der Waals surface area contributed by atoms with Crippen LogP contribution in [-0.4, -0.2) is 117 Å². The van der Waals surface area contributed by atoms with Crippen molar-refractivity contribution >= 4 is 59.6 Å². The molecular weight excluding hydrogens is 573 g/mol. The summed E-state index contributed by atoms with van der Waals surface area (Å²) in [7, 11) is -25.2. The Labute approximate surface area is 195 Å². The zero-order chi connectivity index (χ0) is 26.4. The summed E-state index contributed by atoms with van der Waals surface area (Å²) in [5.41, 5.74) is 0. The van der Waals surface area contributed by atoms with Crippen LogP contribution in [0.25, 0.3) is 0 Å². The summed E-state index contributed by atoms with van der Waals surface area (Å²) in [5.74, 6) is -7.77. The molecule has 0 aromatic heterocycles. The molecule has 0 aliphatic rings. The number of sulfone groups is 4. The van der Waals surface area contributed by atoms with Crippen molar-refractivity contribution in [3.05, 3.63) is 0 Å².